The Balaban J connectivity index is 3.28. The van der Waals surface area contributed by atoms with Gasteiger partial charge in [0.25, 0.3) is 0 Å². The van der Waals surface area contributed by atoms with Gasteiger partial charge >= 0.3 is 0 Å². The zero-order valence-corrected chi connectivity index (χ0v) is 10.5. The summed E-state index contributed by atoms with van der Waals surface area (Å²) >= 11 is 0. The molecule has 0 aromatic rings. The second-order valence-electron chi connectivity index (χ2n) is 4.34. The van der Waals surface area contributed by atoms with Gasteiger partial charge < -0.3 is 0 Å². The van der Waals surface area contributed by atoms with Gasteiger partial charge in [0.05, 0.1) is 0 Å². The number of Topliss-reactive ketones (excluding diaryl/α,β-unsaturated/α-hetero) is 1. The van der Waals surface area contributed by atoms with E-state index in [0.29, 0.717) is 18.6 Å². The minimum atomic E-state index is 0.325. The molecule has 0 amide bonds. The fraction of sp³-hybridized carbons (Fsp3) is 0.786. The standard InChI is InChI=1S/C14H26O/c1-4-6-7-8-9-10-11-13(3)12-14(15)5-2/h3-12H2,1-2H3. The summed E-state index contributed by atoms with van der Waals surface area (Å²) in [6.45, 7) is 8.11. The van der Waals surface area contributed by atoms with Crippen molar-refractivity contribution in [1.82, 2.24) is 0 Å². The average Bonchev–Trinajstić information content (AvgIpc) is 2.23. The molecule has 0 saturated carbocycles. The fourth-order valence-corrected chi connectivity index (χ4v) is 1.65. The van der Waals surface area contributed by atoms with Crippen molar-refractivity contribution in [3.05, 3.63) is 12.2 Å². The summed E-state index contributed by atoms with van der Waals surface area (Å²) in [6, 6.07) is 0. The average molecular weight is 210 g/mol. The second-order valence-corrected chi connectivity index (χ2v) is 4.34. The number of carbonyl (C=O) groups excluding carboxylic acids is 1. The fourth-order valence-electron chi connectivity index (χ4n) is 1.65. The van der Waals surface area contributed by atoms with E-state index in [-0.39, 0.29) is 0 Å². The summed E-state index contributed by atoms with van der Waals surface area (Å²) in [6.07, 6.45) is 10.1. The van der Waals surface area contributed by atoms with Crippen molar-refractivity contribution >= 4 is 5.78 Å². The minimum Gasteiger partial charge on any atom is -0.299 e. The number of allylic oxidation sites excluding steroid dienone is 1. The molecule has 0 saturated heterocycles. The molecular formula is C14H26O. The minimum absolute atomic E-state index is 0.325. The molecule has 1 nitrogen and oxygen atoms in total. The molecule has 0 aliphatic rings. The van der Waals surface area contributed by atoms with Crippen LogP contribution in [0.5, 0.6) is 0 Å². The van der Waals surface area contributed by atoms with Crippen molar-refractivity contribution in [3.63, 3.8) is 0 Å². The van der Waals surface area contributed by atoms with Gasteiger partial charge in [-0.15, -0.1) is 0 Å². The van der Waals surface area contributed by atoms with Gasteiger partial charge in [0, 0.05) is 12.8 Å². The first kappa shape index (κ1) is 14.4. The van der Waals surface area contributed by atoms with Gasteiger partial charge in [0.2, 0.25) is 0 Å². The van der Waals surface area contributed by atoms with Crippen LogP contribution in [-0.2, 0) is 4.79 Å². The molecule has 0 heterocycles. The summed E-state index contributed by atoms with van der Waals surface area (Å²) in [5, 5.41) is 0. The van der Waals surface area contributed by atoms with Crippen LogP contribution in [0.3, 0.4) is 0 Å². The Morgan fingerprint density at radius 3 is 2.20 bits per heavy atom. The molecule has 0 aliphatic heterocycles. The van der Waals surface area contributed by atoms with Crippen LogP contribution < -0.4 is 0 Å². The van der Waals surface area contributed by atoms with Gasteiger partial charge in [-0.25, -0.2) is 0 Å². The molecule has 0 aromatic heterocycles. The Hall–Kier alpha value is -0.590. The summed E-state index contributed by atoms with van der Waals surface area (Å²) in [7, 11) is 0. The van der Waals surface area contributed by atoms with Crippen LogP contribution in [0.4, 0.5) is 0 Å². The van der Waals surface area contributed by atoms with Crippen molar-refractivity contribution in [2.45, 2.75) is 71.6 Å². The predicted octanol–water partition coefficient (Wildman–Crippen LogP) is 4.66. The van der Waals surface area contributed by atoms with Crippen molar-refractivity contribution in [2.75, 3.05) is 0 Å². The summed E-state index contributed by atoms with van der Waals surface area (Å²) < 4.78 is 0. The summed E-state index contributed by atoms with van der Waals surface area (Å²) in [5.74, 6) is 0.325. The highest BCUT2D eigenvalue weighted by Gasteiger charge is 2.01. The maximum Gasteiger partial charge on any atom is 0.136 e. The first-order valence-electron chi connectivity index (χ1n) is 6.39. The van der Waals surface area contributed by atoms with Crippen LogP contribution in [0.1, 0.15) is 71.6 Å². The Labute approximate surface area is 95.0 Å². The van der Waals surface area contributed by atoms with E-state index in [1.807, 2.05) is 6.92 Å². The van der Waals surface area contributed by atoms with E-state index in [1.165, 1.54) is 38.5 Å². The normalized spacial score (nSPS) is 10.3. The molecule has 0 rings (SSSR count). The van der Waals surface area contributed by atoms with Crippen LogP contribution in [0.15, 0.2) is 12.2 Å². The lowest BCUT2D eigenvalue weighted by Crippen LogP contribution is -1.96. The smallest absolute Gasteiger partial charge is 0.136 e. The molecule has 0 fully saturated rings. The van der Waals surface area contributed by atoms with Crippen LogP contribution in [0.25, 0.3) is 0 Å². The maximum atomic E-state index is 11.1. The quantitative estimate of drug-likeness (QED) is 0.378. The van der Waals surface area contributed by atoms with Crippen molar-refractivity contribution < 1.29 is 4.79 Å². The highest BCUT2D eigenvalue weighted by molar-refractivity contribution is 5.80. The molecule has 15 heavy (non-hydrogen) atoms. The SMILES string of the molecule is C=C(CCCCCCCC)CC(=O)CC. The Morgan fingerprint density at radius 2 is 1.60 bits per heavy atom. The summed E-state index contributed by atoms with van der Waals surface area (Å²) in [5.41, 5.74) is 1.12. The lowest BCUT2D eigenvalue weighted by Gasteiger charge is -2.04. The topological polar surface area (TPSA) is 17.1 Å². The van der Waals surface area contributed by atoms with Crippen LogP contribution >= 0.6 is 0 Å². The van der Waals surface area contributed by atoms with E-state index in [0.717, 1.165) is 12.0 Å². The highest BCUT2D eigenvalue weighted by Crippen LogP contribution is 2.13. The zero-order valence-electron chi connectivity index (χ0n) is 10.5. The molecule has 0 atom stereocenters. The number of unbranched alkanes of at least 4 members (excludes halogenated alkanes) is 5. The van der Waals surface area contributed by atoms with Crippen molar-refractivity contribution in [1.29, 1.82) is 0 Å². The van der Waals surface area contributed by atoms with Gasteiger partial charge in [0.1, 0.15) is 5.78 Å². The summed E-state index contributed by atoms with van der Waals surface area (Å²) in [4.78, 5) is 11.1. The third-order valence-corrected chi connectivity index (χ3v) is 2.73. The molecular weight excluding hydrogens is 184 g/mol. The van der Waals surface area contributed by atoms with Crippen molar-refractivity contribution in [2.24, 2.45) is 0 Å². The molecule has 88 valence electrons. The molecule has 0 bridgehead atoms. The van der Waals surface area contributed by atoms with Gasteiger partial charge in [-0.1, -0.05) is 58.1 Å². The number of rotatable bonds is 10. The second kappa shape index (κ2) is 9.95. The number of carbonyl (C=O) groups is 1. The van der Waals surface area contributed by atoms with E-state index in [4.69, 9.17) is 0 Å². The Kier molecular flexibility index (Phi) is 9.55. The monoisotopic (exact) mass is 210 g/mol. The third kappa shape index (κ3) is 9.71. The molecule has 0 unspecified atom stereocenters. The van der Waals surface area contributed by atoms with Crippen LogP contribution in [0.2, 0.25) is 0 Å². The van der Waals surface area contributed by atoms with Crippen molar-refractivity contribution in [3.8, 4) is 0 Å². The molecule has 0 radical (unpaired) electrons. The van der Waals surface area contributed by atoms with E-state index < -0.39 is 0 Å². The van der Waals surface area contributed by atoms with Gasteiger partial charge in [-0.2, -0.15) is 0 Å². The molecule has 0 spiro atoms. The van der Waals surface area contributed by atoms with E-state index in [1.54, 1.807) is 0 Å². The van der Waals surface area contributed by atoms with Crippen LogP contribution in [-0.4, -0.2) is 5.78 Å². The lowest BCUT2D eigenvalue weighted by molar-refractivity contribution is -0.118. The number of ketones is 1. The Morgan fingerprint density at radius 1 is 1.00 bits per heavy atom. The first-order chi connectivity index (χ1) is 7.20. The largest absolute Gasteiger partial charge is 0.299 e. The van der Waals surface area contributed by atoms with Crippen LogP contribution in [0, 0.1) is 0 Å². The molecule has 1 heteroatoms. The van der Waals surface area contributed by atoms with Gasteiger partial charge in [-0.3, -0.25) is 4.79 Å². The Bertz CT molecular complexity index is 182. The maximum absolute atomic E-state index is 11.1. The first-order valence-corrected chi connectivity index (χ1v) is 6.39. The van der Waals surface area contributed by atoms with E-state index in [9.17, 15) is 4.79 Å². The van der Waals surface area contributed by atoms with E-state index >= 15 is 0 Å². The lowest BCUT2D eigenvalue weighted by atomic mass is 10.0. The predicted molar refractivity (Wildman–Crippen MR) is 67.0 cm³/mol. The molecule has 0 aliphatic carbocycles. The number of hydrogen-bond acceptors (Lipinski definition) is 1. The van der Waals surface area contributed by atoms with E-state index in [2.05, 4.69) is 13.5 Å². The molecule has 0 N–H and O–H groups in total. The molecule has 0 aromatic carbocycles. The number of hydrogen-bond donors (Lipinski definition) is 0. The zero-order chi connectivity index (χ0) is 11.5. The highest BCUT2D eigenvalue weighted by atomic mass is 16.1. The van der Waals surface area contributed by atoms with Gasteiger partial charge in [0.15, 0.2) is 0 Å². The van der Waals surface area contributed by atoms with Gasteiger partial charge in [-0.05, 0) is 12.8 Å². The third-order valence-electron chi connectivity index (χ3n) is 2.73.